The molecule has 1 heterocycles. The average molecular weight is 193 g/mol. The summed E-state index contributed by atoms with van der Waals surface area (Å²) in [5.74, 6) is 0.657. The second-order valence-corrected chi connectivity index (χ2v) is 3.49. The van der Waals surface area contributed by atoms with Gasteiger partial charge in [0, 0.05) is 18.7 Å². The maximum atomic E-state index is 5.38. The molecule has 2 rings (SSSR count). The normalized spacial score (nSPS) is 15.5. The maximum Gasteiger partial charge on any atom is 0.316 e. The average Bonchev–Trinajstić information content (AvgIpc) is 3.02. The molecule has 0 radical (unpaired) electrons. The molecule has 1 aromatic rings. The lowest BCUT2D eigenvalue weighted by Gasteiger charge is -2.04. The Morgan fingerprint density at radius 1 is 1.57 bits per heavy atom. The number of nitrogens with zero attached hydrogens (tertiary/aromatic N) is 2. The molecule has 0 bridgehead atoms. The van der Waals surface area contributed by atoms with E-state index in [1.54, 1.807) is 6.20 Å². The molecule has 0 unspecified atom stereocenters. The molecule has 0 aliphatic heterocycles. The van der Waals surface area contributed by atoms with Gasteiger partial charge in [0.15, 0.2) is 0 Å². The standard InChI is InChI=1S/C10H15N3O/c1-11-6-7-14-10-12-5-4-9(13-10)8-2-3-8/h4-5,8,11H,2-3,6-7H2,1H3. The fourth-order valence-electron chi connectivity index (χ4n) is 1.27. The van der Waals surface area contributed by atoms with Crippen molar-refractivity contribution in [3.63, 3.8) is 0 Å². The summed E-state index contributed by atoms with van der Waals surface area (Å²) >= 11 is 0. The van der Waals surface area contributed by atoms with Crippen molar-refractivity contribution in [2.24, 2.45) is 0 Å². The zero-order valence-corrected chi connectivity index (χ0v) is 8.36. The first-order chi connectivity index (χ1) is 6.90. The van der Waals surface area contributed by atoms with Crippen LogP contribution in [-0.4, -0.2) is 30.2 Å². The highest BCUT2D eigenvalue weighted by molar-refractivity contribution is 5.15. The van der Waals surface area contributed by atoms with Crippen molar-refractivity contribution in [1.29, 1.82) is 0 Å². The third kappa shape index (κ3) is 2.42. The lowest BCUT2D eigenvalue weighted by atomic mass is 10.3. The highest BCUT2D eigenvalue weighted by Gasteiger charge is 2.25. The van der Waals surface area contributed by atoms with Crippen LogP contribution in [0, 0.1) is 0 Å². The fraction of sp³-hybridized carbons (Fsp3) is 0.600. The molecule has 1 fully saturated rings. The highest BCUT2D eigenvalue weighted by atomic mass is 16.5. The first-order valence-electron chi connectivity index (χ1n) is 5.00. The van der Waals surface area contributed by atoms with Crippen molar-refractivity contribution in [1.82, 2.24) is 15.3 Å². The molecule has 0 saturated heterocycles. The molecule has 0 atom stereocenters. The van der Waals surface area contributed by atoms with Gasteiger partial charge in [-0.2, -0.15) is 4.98 Å². The topological polar surface area (TPSA) is 47.0 Å². The van der Waals surface area contributed by atoms with Crippen molar-refractivity contribution in [2.75, 3.05) is 20.2 Å². The smallest absolute Gasteiger partial charge is 0.316 e. The molecule has 14 heavy (non-hydrogen) atoms. The van der Waals surface area contributed by atoms with Gasteiger partial charge >= 0.3 is 6.01 Å². The first-order valence-corrected chi connectivity index (χ1v) is 5.00. The molecule has 1 N–H and O–H groups in total. The summed E-state index contributed by atoms with van der Waals surface area (Å²) in [6.07, 6.45) is 4.29. The number of aromatic nitrogens is 2. The van der Waals surface area contributed by atoms with Gasteiger partial charge in [-0.25, -0.2) is 4.98 Å². The van der Waals surface area contributed by atoms with Crippen LogP contribution in [0.15, 0.2) is 12.3 Å². The van der Waals surface area contributed by atoms with Crippen LogP contribution in [0.4, 0.5) is 0 Å². The zero-order chi connectivity index (χ0) is 9.80. The largest absolute Gasteiger partial charge is 0.462 e. The Balaban J connectivity index is 1.92. The molecule has 4 heteroatoms. The van der Waals surface area contributed by atoms with Crippen molar-refractivity contribution >= 4 is 0 Å². The summed E-state index contributed by atoms with van der Waals surface area (Å²) in [5, 5.41) is 3.01. The second-order valence-electron chi connectivity index (χ2n) is 3.49. The summed E-state index contributed by atoms with van der Waals surface area (Å²) in [4.78, 5) is 8.41. The van der Waals surface area contributed by atoms with Gasteiger partial charge in [0.1, 0.15) is 6.61 Å². The van der Waals surface area contributed by atoms with Gasteiger partial charge in [0.25, 0.3) is 0 Å². The molecule has 1 saturated carbocycles. The minimum atomic E-state index is 0.504. The molecule has 4 nitrogen and oxygen atoms in total. The van der Waals surface area contributed by atoms with E-state index >= 15 is 0 Å². The monoisotopic (exact) mass is 193 g/mol. The first kappa shape index (κ1) is 9.40. The predicted octanol–water partition coefficient (Wildman–Crippen LogP) is 0.952. The second kappa shape index (κ2) is 4.37. The summed E-state index contributed by atoms with van der Waals surface area (Å²) < 4.78 is 5.38. The van der Waals surface area contributed by atoms with E-state index in [1.165, 1.54) is 12.8 Å². The predicted molar refractivity (Wildman–Crippen MR) is 53.4 cm³/mol. The van der Waals surface area contributed by atoms with E-state index in [2.05, 4.69) is 15.3 Å². The molecule has 0 amide bonds. The Bertz CT molecular complexity index is 299. The van der Waals surface area contributed by atoms with Crippen molar-refractivity contribution < 1.29 is 4.74 Å². The van der Waals surface area contributed by atoms with Gasteiger partial charge in [-0.05, 0) is 26.0 Å². The zero-order valence-electron chi connectivity index (χ0n) is 8.36. The lowest BCUT2D eigenvalue weighted by Crippen LogP contribution is -2.16. The highest BCUT2D eigenvalue weighted by Crippen LogP contribution is 2.38. The maximum absolute atomic E-state index is 5.38. The van der Waals surface area contributed by atoms with E-state index < -0.39 is 0 Å². The summed E-state index contributed by atoms with van der Waals surface area (Å²) in [6, 6.07) is 2.48. The minimum absolute atomic E-state index is 0.504. The van der Waals surface area contributed by atoms with Crippen LogP contribution >= 0.6 is 0 Å². The molecule has 0 spiro atoms. The molecular formula is C10H15N3O. The van der Waals surface area contributed by atoms with E-state index in [9.17, 15) is 0 Å². The molecule has 1 aliphatic carbocycles. The van der Waals surface area contributed by atoms with Gasteiger partial charge in [-0.1, -0.05) is 0 Å². The SMILES string of the molecule is CNCCOc1nccc(C2CC2)n1. The van der Waals surface area contributed by atoms with Crippen LogP contribution in [0.2, 0.25) is 0 Å². The van der Waals surface area contributed by atoms with Crippen molar-refractivity contribution in [3.05, 3.63) is 18.0 Å². The van der Waals surface area contributed by atoms with Crippen molar-refractivity contribution in [3.8, 4) is 6.01 Å². The Kier molecular flexibility index (Phi) is 2.93. The summed E-state index contributed by atoms with van der Waals surface area (Å²) in [5.41, 5.74) is 1.12. The molecular weight excluding hydrogens is 178 g/mol. The van der Waals surface area contributed by atoms with Crippen LogP contribution in [0.5, 0.6) is 6.01 Å². The van der Waals surface area contributed by atoms with Crippen LogP contribution < -0.4 is 10.1 Å². The van der Waals surface area contributed by atoms with Crippen LogP contribution in [0.25, 0.3) is 0 Å². The molecule has 1 aromatic heterocycles. The number of rotatable bonds is 5. The van der Waals surface area contributed by atoms with Gasteiger partial charge in [0.2, 0.25) is 0 Å². The molecule has 76 valence electrons. The number of hydrogen-bond acceptors (Lipinski definition) is 4. The quantitative estimate of drug-likeness (QED) is 0.707. The van der Waals surface area contributed by atoms with Gasteiger partial charge in [0.05, 0.1) is 5.69 Å². The van der Waals surface area contributed by atoms with Crippen LogP contribution in [0.1, 0.15) is 24.5 Å². The lowest BCUT2D eigenvalue weighted by molar-refractivity contribution is 0.292. The van der Waals surface area contributed by atoms with Crippen molar-refractivity contribution in [2.45, 2.75) is 18.8 Å². The minimum Gasteiger partial charge on any atom is -0.462 e. The molecule has 1 aliphatic rings. The Labute approximate surface area is 83.7 Å². The van der Waals surface area contributed by atoms with Crippen LogP contribution in [-0.2, 0) is 0 Å². The van der Waals surface area contributed by atoms with E-state index in [4.69, 9.17) is 4.74 Å². The summed E-state index contributed by atoms with van der Waals surface area (Å²) in [7, 11) is 1.89. The Hall–Kier alpha value is -1.16. The van der Waals surface area contributed by atoms with E-state index in [0.29, 0.717) is 18.5 Å². The third-order valence-electron chi connectivity index (χ3n) is 2.23. The van der Waals surface area contributed by atoms with E-state index in [0.717, 1.165) is 12.2 Å². The number of hydrogen-bond donors (Lipinski definition) is 1. The van der Waals surface area contributed by atoms with E-state index in [-0.39, 0.29) is 0 Å². The fourth-order valence-corrected chi connectivity index (χ4v) is 1.27. The number of likely N-dealkylation sites (N-methyl/N-ethyl adjacent to an activating group) is 1. The Morgan fingerprint density at radius 3 is 3.14 bits per heavy atom. The van der Waals surface area contributed by atoms with Gasteiger partial charge < -0.3 is 10.1 Å². The van der Waals surface area contributed by atoms with Crippen LogP contribution in [0.3, 0.4) is 0 Å². The van der Waals surface area contributed by atoms with Gasteiger partial charge in [-0.15, -0.1) is 0 Å². The number of nitrogens with one attached hydrogen (secondary N) is 1. The Morgan fingerprint density at radius 2 is 2.43 bits per heavy atom. The summed E-state index contributed by atoms with van der Waals surface area (Å²) in [6.45, 7) is 1.43. The molecule has 0 aromatic carbocycles. The van der Waals surface area contributed by atoms with E-state index in [1.807, 2.05) is 13.1 Å². The number of ether oxygens (including phenoxy) is 1. The van der Waals surface area contributed by atoms with Gasteiger partial charge in [-0.3, -0.25) is 0 Å². The third-order valence-corrected chi connectivity index (χ3v) is 2.23.